The molecular formula is C13H15N3O2. The molecular weight excluding hydrogens is 230 g/mol. The molecule has 1 aromatic carbocycles. The highest BCUT2D eigenvalue weighted by atomic mass is 16.5. The first-order valence-electron chi connectivity index (χ1n) is 5.71. The molecule has 0 saturated carbocycles. The number of rotatable bonds is 6. The number of nitrogens with zero attached hydrogens (tertiary/aromatic N) is 2. The normalized spacial score (nSPS) is 10.1. The summed E-state index contributed by atoms with van der Waals surface area (Å²) in [6.07, 6.45) is 3.17. The highest BCUT2D eigenvalue weighted by Crippen LogP contribution is 2.11. The van der Waals surface area contributed by atoms with E-state index >= 15 is 0 Å². The Hall–Kier alpha value is -2.14. The number of hydrogen-bond donors (Lipinski definition) is 1. The van der Waals surface area contributed by atoms with Crippen LogP contribution in [0.3, 0.4) is 0 Å². The molecule has 0 atom stereocenters. The monoisotopic (exact) mass is 245 g/mol. The van der Waals surface area contributed by atoms with E-state index < -0.39 is 0 Å². The van der Waals surface area contributed by atoms with Crippen molar-refractivity contribution in [3.05, 3.63) is 48.4 Å². The Labute approximate surface area is 106 Å². The third-order valence-corrected chi connectivity index (χ3v) is 2.26. The van der Waals surface area contributed by atoms with Crippen LogP contribution >= 0.6 is 0 Å². The van der Waals surface area contributed by atoms with Gasteiger partial charge in [0.05, 0.1) is 0 Å². The minimum Gasteiger partial charge on any atom is -0.490 e. The smallest absolute Gasteiger partial charge is 0.237 e. The summed E-state index contributed by atoms with van der Waals surface area (Å²) in [7, 11) is 0. The summed E-state index contributed by atoms with van der Waals surface area (Å²) in [6.45, 7) is 1.16. The second-order valence-electron chi connectivity index (χ2n) is 3.52. The lowest BCUT2D eigenvalue weighted by atomic mass is 10.3. The molecule has 0 spiro atoms. The van der Waals surface area contributed by atoms with Crippen LogP contribution in [0.25, 0.3) is 0 Å². The van der Waals surface area contributed by atoms with Gasteiger partial charge in [-0.05, 0) is 12.1 Å². The van der Waals surface area contributed by atoms with Gasteiger partial charge in [0.15, 0.2) is 0 Å². The van der Waals surface area contributed by atoms with Crippen molar-refractivity contribution in [2.24, 2.45) is 5.73 Å². The lowest BCUT2D eigenvalue weighted by Gasteiger charge is -2.09. The molecule has 5 heteroatoms. The SMILES string of the molecule is NCc1nccnc1OCCOc1ccccc1. The highest BCUT2D eigenvalue weighted by molar-refractivity contribution is 5.21. The number of benzene rings is 1. The Morgan fingerprint density at radius 3 is 2.44 bits per heavy atom. The Balaban J connectivity index is 1.78. The molecule has 0 aliphatic carbocycles. The molecule has 0 aliphatic heterocycles. The molecule has 94 valence electrons. The number of para-hydroxylation sites is 1. The van der Waals surface area contributed by atoms with E-state index in [2.05, 4.69) is 9.97 Å². The predicted octanol–water partition coefficient (Wildman–Crippen LogP) is 1.39. The van der Waals surface area contributed by atoms with Crippen molar-refractivity contribution in [3.63, 3.8) is 0 Å². The molecule has 2 rings (SSSR count). The van der Waals surface area contributed by atoms with Crippen molar-refractivity contribution in [2.75, 3.05) is 13.2 Å². The quantitative estimate of drug-likeness (QED) is 0.779. The molecule has 2 N–H and O–H groups in total. The minimum absolute atomic E-state index is 0.308. The Morgan fingerprint density at radius 2 is 1.67 bits per heavy atom. The molecule has 1 aromatic heterocycles. The first kappa shape index (κ1) is 12.3. The second kappa shape index (κ2) is 6.56. The first-order valence-corrected chi connectivity index (χ1v) is 5.71. The third-order valence-electron chi connectivity index (χ3n) is 2.26. The van der Waals surface area contributed by atoms with Gasteiger partial charge in [0.25, 0.3) is 0 Å². The topological polar surface area (TPSA) is 70.3 Å². The minimum atomic E-state index is 0.308. The van der Waals surface area contributed by atoms with Gasteiger partial charge < -0.3 is 15.2 Å². The molecule has 0 amide bonds. The molecule has 0 bridgehead atoms. The maximum absolute atomic E-state index is 5.53. The number of ether oxygens (including phenoxy) is 2. The van der Waals surface area contributed by atoms with Crippen LogP contribution in [0.4, 0.5) is 0 Å². The van der Waals surface area contributed by atoms with Crippen LogP contribution in [0.5, 0.6) is 11.6 Å². The van der Waals surface area contributed by atoms with E-state index in [0.717, 1.165) is 5.75 Å². The van der Waals surface area contributed by atoms with Crippen molar-refractivity contribution in [2.45, 2.75) is 6.54 Å². The van der Waals surface area contributed by atoms with Gasteiger partial charge in [0, 0.05) is 18.9 Å². The van der Waals surface area contributed by atoms with Crippen molar-refractivity contribution in [3.8, 4) is 11.6 Å². The van der Waals surface area contributed by atoms with E-state index in [0.29, 0.717) is 31.3 Å². The summed E-state index contributed by atoms with van der Waals surface area (Å²) in [5.41, 5.74) is 6.18. The molecule has 1 heterocycles. The van der Waals surface area contributed by atoms with E-state index in [4.69, 9.17) is 15.2 Å². The second-order valence-corrected chi connectivity index (χ2v) is 3.52. The highest BCUT2D eigenvalue weighted by Gasteiger charge is 2.03. The third kappa shape index (κ3) is 3.43. The average molecular weight is 245 g/mol. The zero-order valence-electron chi connectivity index (χ0n) is 9.95. The first-order chi connectivity index (χ1) is 8.90. The standard InChI is InChI=1S/C13H15N3O2/c14-10-12-13(16-7-6-15-12)18-9-8-17-11-4-2-1-3-5-11/h1-7H,8-10,14H2. The average Bonchev–Trinajstić information content (AvgIpc) is 2.45. The molecule has 0 radical (unpaired) electrons. The fraction of sp³-hybridized carbons (Fsp3) is 0.231. The van der Waals surface area contributed by atoms with Gasteiger partial charge >= 0.3 is 0 Å². The van der Waals surface area contributed by atoms with E-state index in [9.17, 15) is 0 Å². The fourth-order valence-electron chi connectivity index (χ4n) is 1.43. The summed E-state index contributed by atoms with van der Waals surface area (Å²) in [5.74, 6) is 1.29. The maximum Gasteiger partial charge on any atom is 0.237 e. The van der Waals surface area contributed by atoms with Crippen LogP contribution in [-0.2, 0) is 6.54 Å². The summed E-state index contributed by atoms with van der Waals surface area (Å²) >= 11 is 0. The van der Waals surface area contributed by atoms with E-state index in [1.807, 2.05) is 30.3 Å². The van der Waals surface area contributed by atoms with E-state index in [1.54, 1.807) is 12.4 Å². The zero-order valence-corrected chi connectivity index (χ0v) is 9.95. The van der Waals surface area contributed by atoms with Gasteiger partial charge in [-0.1, -0.05) is 18.2 Å². The van der Waals surface area contributed by atoms with Gasteiger partial charge in [0.1, 0.15) is 24.7 Å². The zero-order chi connectivity index (χ0) is 12.6. The molecule has 5 nitrogen and oxygen atoms in total. The van der Waals surface area contributed by atoms with Gasteiger partial charge in [-0.25, -0.2) is 4.98 Å². The number of aromatic nitrogens is 2. The summed E-state index contributed by atoms with van der Waals surface area (Å²) in [4.78, 5) is 8.15. The van der Waals surface area contributed by atoms with Crippen LogP contribution in [-0.4, -0.2) is 23.2 Å². The largest absolute Gasteiger partial charge is 0.490 e. The van der Waals surface area contributed by atoms with Crippen LogP contribution in [0, 0.1) is 0 Å². The van der Waals surface area contributed by atoms with Crippen LogP contribution < -0.4 is 15.2 Å². The van der Waals surface area contributed by atoms with Gasteiger partial charge in [-0.15, -0.1) is 0 Å². The fourth-order valence-corrected chi connectivity index (χ4v) is 1.43. The Morgan fingerprint density at radius 1 is 0.944 bits per heavy atom. The Kier molecular flexibility index (Phi) is 4.49. The van der Waals surface area contributed by atoms with Crippen molar-refractivity contribution in [1.29, 1.82) is 0 Å². The van der Waals surface area contributed by atoms with Gasteiger partial charge in [0.2, 0.25) is 5.88 Å². The van der Waals surface area contributed by atoms with E-state index in [-0.39, 0.29) is 0 Å². The summed E-state index contributed by atoms with van der Waals surface area (Å²) < 4.78 is 11.0. The van der Waals surface area contributed by atoms with Crippen LogP contribution in [0.2, 0.25) is 0 Å². The lowest BCUT2D eigenvalue weighted by Crippen LogP contribution is -2.12. The van der Waals surface area contributed by atoms with Gasteiger partial charge in [-0.3, -0.25) is 4.98 Å². The summed E-state index contributed by atoms with van der Waals surface area (Å²) in [5, 5.41) is 0. The van der Waals surface area contributed by atoms with E-state index in [1.165, 1.54) is 0 Å². The number of nitrogens with two attached hydrogens (primary N) is 1. The Bertz CT molecular complexity index is 477. The van der Waals surface area contributed by atoms with Crippen LogP contribution in [0.1, 0.15) is 5.69 Å². The molecule has 0 unspecified atom stereocenters. The lowest BCUT2D eigenvalue weighted by molar-refractivity contribution is 0.210. The molecule has 0 saturated heterocycles. The summed E-state index contributed by atoms with van der Waals surface area (Å²) in [6, 6.07) is 9.58. The molecule has 0 aliphatic rings. The van der Waals surface area contributed by atoms with Crippen molar-refractivity contribution >= 4 is 0 Å². The number of hydrogen-bond acceptors (Lipinski definition) is 5. The predicted molar refractivity (Wildman–Crippen MR) is 67.4 cm³/mol. The molecule has 18 heavy (non-hydrogen) atoms. The van der Waals surface area contributed by atoms with Gasteiger partial charge in [-0.2, -0.15) is 0 Å². The molecule has 2 aromatic rings. The molecule has 0 fully saturated rings. The van der Waals surface area contributed by atoms with Crippen LogP contribution in [0.15, 0.2) is 42.7 Å². The maximum atomic E-state index is 5.53. The van der Waals surface area contributed by atoms with Crippen molar-refractivity contribution < 1.29 is 9.47 Å². The van der Waals surface area contributed by atoms with Crippen molar-refractivity contribution in [1.82, 2.24) is 9.97 Å².